The summed E-state index contributed by atoms with van der Waals surface area (Å²) in [5.41, 5.74) is 0.869. The largest absolute Gasteiger partial charge is 0.416 e. The van der Waals surface area contributed by atoms with Gasteiger partial charge in [0.15, 0.2) is 0 Å². The fourth-order valence-electron chi connectivity index (χ4n) is 3.56. The van der Waals surface area contributed by atoms with Crippen molar-refractivity contribution in [2.45, 2.75) is 19.3 Å². The SMILES string of the molecule is O=C(NCc1ccc(F)cc1)c1ccnc(N2CCN(Cc3ccc(C(F)(F)F)cc3)C2=O)c1. The molecule has 34 heavy (non-hydrogen) atoms. The molecule has 2 aromatic carbocycles. The minimum absolute atomic E-state index is 0.158. The first-order chi connectivity index (χ1) is 16.2. The predicted molar refractivity (Wildman–Crippen MR) is 116 cm³/mol. The van der Waals surface area contributed by atoms with Crippen molar-refractivity contribution in [3.05, 3.63) is 94.9 Å². The molecule has 3 amide bonds. The molecule has 0 saturated carbocycles. The van der Waals surface area contributed by atoms with Crippen LogP contribution in [0, 0.1) is 5.82 Å². The molecule has 1 fully saturated rings. The normalized spacial score (nSPS) is 13.9. The second kappa shape index (κ2) is 9.50. The Labute approximate surface area is 192 Å². The monoisotopic (exact) mass is 472 g/mol. The van der Waals surface area contributed by atoms with Crippen LogP contribution in [0.15, 0.2) is 66.9 Å². The third-order valence-electron chi connectivity index (χ3n) is 5.40. The van der Waals surface area contributed by atoms with Crippen LogP contribution < -0.4 is 10.2 Å². The molecule has 176 valence electrons. The molecule has 0 bridgehead atoms. The Hall–Kier alpha value is -3.95. The standard InChI is InChI=1S/C24H20F4N4O2/c25-20-7-3-16(4-8-20)14-30-22(33)18-9-10-29-21(13-18)32-12-11-31(23(32)34)15-17-1-5-19(6-2-17)24(26,27)28/h1-10,13H,11-12,14-15H2,(H,30,33). The summed E-state index contributed by atoms with van der Waals surface area (Å²) < 4.78 is 51.2. The van der Waals surface area contributed by atoms with Crippen molar-refractivity contribution >= 4 is 17.8 Å². The van der Waals surface area contributed by atoms with Crippen LogP contribution in [-0.2, 0) is 19.3 Å². The first-order valence-electron chi connectivity index (χ1n) is 10.4. The lowest BCUT2D eigenvalue weighted by molar-refractivity contribution is -0.137. The number of alkyl halides is 3. The van der Waals surface area contributed by atoms with Gasteiger partial charge in [0, 0.05) is 37.9 Å². The molecule has 10 heteroatoms. The minimum Gasteiger partial charge on any atom is -0.348 e. The minimum atomic E-state index is -4.42. The van der Waals surface area contributed by atoms with Crippen LogP contribution in [0.5, 0.6) is 0 Å². The number of carbonyl (C=O) groups excluding carboxylic acids is 2. The maximum atomic E-state index is 13.0. The van der Waals surface area contributed by atoms with Crippen LogP contribution in [0.1, 0.15) is 27.0 Å². The molecule has 1 aromatic heterocycles. The summed E-state index contributed by atoms with van der Waals surface area (Å²) in [5.74, 6) is -0.438. The summed E-state index contributed by atoms with van der Waals surface area (Å²) in [5, 5.41) is 2.74. The topological polar surface area (TPSA) is 65.5 Å². The zero-order chi connectivity index (χ0) is 24.3. The van der Waals surface area contributed by atoms with Crippen molar-refractivity contribution in [1.82, 2.24) is 15.2 Å². The average molecular weight is 472 g/mol. The summed E-state index contributed by atoms with van der Waals surface area (Å²) in [6.07, 6.45) is -2.99. The number of hydrogen-bond donors (Lipinski definition) is 1. The molecule has 4 rings (SSSR count). The van der Waals surface area contributed by atoms with Gasteiger partial charge in [0.25, 0.3) is 5.91 Å². The summed E-state index contributed by atoms with van der Waals surface area (Å²) >= 11 is 0. The van der Waals surface area contributed by atoms with Crippen LogP contribution in [-0.4, -0.2) is 34.9 Å². The van der Waals surface area contributed by atoms with Crippen molar-refractivity contribution in [2.75, 3.05) is 18.0 Å². The van der Waals surface area contributed by atoms with E-state index < -0.39 is 11.7 Å². The van der Waals surface area contributed by atoms with Crippen LogP contribution in [0.2, 0.25) is 0 Å². The third kappa shape index (κ3) is 5.33. The van der Waals surface area contributed by atoms with E-state index in [0.29, 0.717) is 30.0 Å². The van der Waals surface area contributed by atoms with E-state index in [1.165, 1.54) is 52.4 Å². The van der Waals surface area contributed by atoms with E-state index in [2.05, 4.69) is 10.3 Å². The van der Waals surface area contributed by atoms with Gasteiger partial charge in [0.1, 0.15) is 11.6 Å². The molecule has 3 aromatic rings. The van der Waals surface area contributed by atoms with E-state index in [1.54, 1.807) is 12.1 Å². The number of anilines is 1. The average Bonchev–Trinajstić information content (AvgIpc) is 3.18. The van der Waals surface area contributed by atoms with Gasteiger partial charge in [0.2, 0.25) is 0 Å². The quantitative estimate of drug-likeness (QED) is 0.533. The number of nitrogens with one attached hydrogen (secondary N) is 1. The Balaban J connectivity index is 1.39. The van der Waals surface area contributed by atoms with E-state index in [4.69, 9.17) is 0 Å². The van der Waals surface area contributed by atoms with Gasteiger partial charge in [-0.3, -0.25) is 9.69 Å². The Morgan fingerprint density at radius 2 is 1.65 bits per heavy atom. The van der Waals surface area contributed by atoms with Gasteiger partial charge in [-0.25, -0.2) is 14.2 Å². The maximum absolute atomic E-state index is 13.0. The molecule has 0 atom stereocenters. The molecular weight excluding hydrogens is 452 g/mol. The van der Waals surface area contributed by atoms with E-state index >= 15 is 0 Å². The van der Waals surface area contributed by atoms with Gasteiger partial charge in [-0.1, -0.05) is 24.3 Å². The molecule has 0 aliphatic carbocycles. The zero-order valence-electron chi connectivity index (χ0n) is 17.8. The summed E-state index contributed by atoms with van der Waals surface area (Å²) in [6.45, 7) is 1.06. The van der Waals surface area contributed by atoms with Crippen molar-refractivity contribution < 1.29 is 27.2 Å². The molecular formula is C24H20F4N4O2. The molecule has 1 aliphatic heterocycles. The smallest absolute Gasteiger partial charge is 0.348 e. The number of benzene rings is 2. The number of pyridine rings is 1. The highest BCUT2D eigenvalue weighted by Gasteiger charge is 2.32. The first-order valence-corrected chi connectivity index (χ1v) is 10.4. The maximum Gasteiger partial charge on any atom is 0.416 e. The van der Waals surface area contributed by atoms with Crippen LogP contribution in [0.4, 0.5) is 28.2 Å². The van der Waals surface area contributed by atoms with Gasteiger partial charge in [-0.15, -0.1) is 0 Å². The van der Waals surface area contributed by atoms with E-state index in [9.17, 15) is 27.2 Å². The van der Waals surface area contributed by atoms with E-state index in [0.717, 1.165) is 17.7 Å². The second-order valence-corrected chi connectivity index (χ2v) is 7.76. The highest BCUT2D eigenvalue weighted by molar-refractivity contribution is 5.97. The summed E-state index contributed by atoms with van der Waals surface area (Å²) in [7, 11) is 0. The van der Waals surface area contributed by atoms with Crippen molar-refractivity contribution in [3.63, 3.8) is 0 Å². The van der Waals surface area contributed by atoms with Gasteiger partial charge in [-0.2, -0.15) is 13.2 Å². The predicted octanol–water partition coefficient (Wildman–Crippen LogP) is 4.61. The number of amides is 3. The number of aromatic nitrogens is 1. The van der Waals surface area contributed by atoms with Crippen molar-refractivity contribution in [1.29, 1.82) is 0 Å². The summed E-state index contributed by atoms with van der Waals surface area (Å²) in [6, 6.07) is 13.1. The lowest BCUT2D eigenvalue weighted by Gasteiger charge is -2.19. The van der Waals surface area contributed by atoms with E-state index in [1.807, 2.05) is 0 Å². The highest BCUT2D eigenvalue weighted by Crippen LogP contribution is 2.29. The van der Waals surface area contributed by atoms with Gasteiger partial charge < -0.3 is 10.2 Å². The molecule has 2 heterocycles. The van der Waals surface area contributed by atoms with Gasteiger partial charge >= 0.3 is 12.2 Å². The third-order valence-corrected chi connectivity index (χ3v) is 5.40. The molecule has 0 unspecified atom stereocenters. The Morgan fingerprint density at radius 1 is 0.971 bits per heavy atom. The lowest BCUT2D eigenvalue weighted by atomic mass is 10.1. The number of urea groups is 1. The van der Waals surface area contributed by atoms with Gasteiger partial charge in [-0.05, 0) is 47.5 Å². The number of nitrogens with zero attached hydrogens (tertiary/aromatic N) is 3. The van der Waals surface area contributed by atoms with Crippen LogP contribution >= 0.6 is 0 Å². The molecule has 1 aliphatic rings. The first kappa shape index (κ1) is 23.2. The molecule has 1 N–H and O–H groups in total. The Morgan fingerprint density at radius 3 is 2.32 bits per heavy atom. The van der Waals surface area contributed by atoms with Crippen LogP contribution in [0.3, 0.4) is 0 Å². The summed E-state index contributed by atoms with van der Waals surface area (Å²) in [4.78, 5) is 32.5. The molecule has 0 spiro atoms. The molecule has 0 radical (unpaired) electrons. The van der Waals surface area contributed by atoms with Gasteiger partial charge in [0.05, 0.1) is 5.56 Å². The lowest BCUT2D eigenvalue weighted by Crippen LogP contribution is -2.32. The number of halogens is 4. The molecule has 1 saturated heterocycles. The molecule has 6 nitrogen and oxygen atoms in total. The van der Waals surface area contributed by atoms with Crippen molar-refractivity contribution in [3.8, 4) is 0 Å². The van der Waals surface area contributed by atoms with E-state index in [-0.39, 0.29) is 30.8 Å². The Kier molecular flexibility index (Phi) is 6.49. The highest BCUT2D eigenvalue weighted by atomic mass is 19.4. The van der Waals surface area contributed by atoms with Crippen molar-refractivity contribution in [2.24, 2.45) is 0 Å². The number of carbonyl (C=O) groups is 2. The number of rotatable bonds is 6. The second-order valence-electron chi connectivity index (χ2n) is 7.76. The number of hydrogen-bond acceptors (Lipinski definition) is 3. The fraction of sp³-hybridized carbons (Fsp3) is 0.208. The van der Waals surface area contributed by atoms with Crippen LogP contribution in [0.25, 0.3) is 0 Å². The fourth-order valence-corrected chi connectivity index (χ4v) is 3.56. The zero-order valence-corrected chi connectivity index (χ0v) is 17.8. The Bertz CT molecular complexity index is 1180.